The van der Waals surface area contributed by atoms with Gasteiger partial charge in [0.05, 0.1) is 0 Å². The standard InChI is InChI=1S/C10H24B2N2/c11-13-7-3-1-4-8-14(12)10-6-2-5-9-13/h1-12H2. The van der Waals surface area contributed by atoms with Crippen LogP contribution in [0.4, 0.5) is 0 Å². The second kappa shape index (κ2) is 7.36. The molecule has 0 radical (unpaired) electrons. The van der Waals surface area contributed by atoms with Gasteiger partial charge in [0.2, 0.25) is 0 Å². The van der Waals surface area contributed by atoms with Crippen molar-refractivity contribution >= 4 is 16.0 Å². The van der Waals surface area contributed by atoms with E-state index in [0.29, 0.717) is 0 Å². The van der Waals surface area contributed by atoms with Crippen molar-refractivity contribution in [1.29, 1.82) is 0 Å². The van der Waals surface area contributed by atoms with Gasteiger partial charge in [-0.3, -0.25) is 0 Å². The molecule has 0 saturated carbocycles. The number of hydrogen-bond acceptors (Lipinski definition) is 2. The highest BCUT2D eigenvalue weighted by molar-refractivity contribution is 6.04. The Hall–Kier alpha value is 0.0499. The summed E-state index contributed by atoms with van der Waals surface area (Å²) >= 11 is 0. The molecular weight excluding hydrogens is 170 g/mol. The summed E-state index contributed by atoms with van der Waals surface area (Å²) < 4.78 is 0. The van der Waals surface area contributed by atoms with Crippen LogP contribution >= 0.6 is 0 Å². The SMILES string of the molecule is BN1CCCCCN(B)CCCCC1. The first kappa shape index (κ1) is 12.1. The minimum atomic E-state index is 1.30. The molecule has 2 nitrogen and oxygen atoms in total. The van der Waals surface area contributed by atoms with Gasteiger partial charge in [-0.15, -0.1) is 0 Å². The zero-order valence-electron chi connectivity index (χ0n) is 9.97. The lowest BCUT2D eigenvalue weighted by atomic mass is 10.1. The molecule has 0 aromatic heterocycles. The van der Waals surface area contributed by atoms with E-state index >= 15 is 0 Å². The molecule has 0 unspecified atom stereocenters. The second-order valence-electron chi connectivity index (χ2n) is 4.73. The van der Waals surface area contributed by atoms with Gasteiger partial charge in [0.1, 0.15) is 0 Å². The molecule has 1 fully saturated rings. The molecular formula is C10H24B2N2. The van der Waals surface area contributed by atoms with Gasteiger partial charge in [0.15, 0.2) is 16.0 Å². The number of rotatable bonds is 0. The summed E-state index contributed by atoms with van der Waals surface area (Å²) in [5.41, 5.74) is 0. The number of nitrogens with zero attached hydrogens (tertiary/aromatic N) is 2. The van der Waals surface area contributed by atoms with E-state index in [4.69, 9.17) is 0 Å². The van der Waals surface area contributed by atoms with E-state index in [1.54, 1.807) is 0 Å². The molecule has 0 bridgehead atoms. The highest BCUT2D eigenvalue weighted by Crippen LogP contribution is 2.04. The predicted octanol–water partition coefficient (Wildman–Crippen LogP) is 0.0408. The minimum absolute atomic E-state index is 1.30. The van der Waals surface area contributed by atoms with Crippen molar-refractivity contribution in [2.45, 2.75) is 38.5 Å². The van der Waals surface area contributed by atoms with Crippen LogP contribution in [0.25, 0.3) is 0 Å². The molecule has 0 spiro atoms. The van der Waals surface area contributed by atoms with Crippen molar-refractivity contribution in [2.24, 2.45) is 0 Å². The highest BCUT2D eigenvalue weighted by atomic mass is 15.0. The molecule has 4 heteroatoms. The summed E-state index contributed by atoms with van der Waals surface area (Å²) in [4.78, 5) is 4.98. The van der Waals surface area contributed by atoms with Gasteiger partial charge in [-0.05, 0) is 51.9 Å². The average Bonchev–Trinajstić information content (AvgIpc) is 2.14. The molecule has 0 amide bonds. The maximum atomic E-state index is 2.49. The van der Waals surface area contributed by atoms with Crippen LogP contribution in [-0.4, -0.2) is 51.8 Å². The highest BCUT2D eigenvalue weighted by Gasteiger charge is 2.02. The molecule has 1 aliphatic rings. The smallest absolute Gasteiger partial charge is 0.185 e. The van der Waals surface area contributed by atoms with Gasteiger partial charge in [0, 0.05) is 0 Å². The Kier molecular flexibility index (Phi) is 6.37. The zero-order chi connectivity index (χ0) is 10.2. The van der Waals surface area contributed by atoms with Crippen LogP contribution in [0.2, 0.25) is 0 Å². The summed E-state index contributed by atoms with van der Waals surface area (Å²) in [6.07, 6.45) is 8.31. The van der Waals surface area contributed by atoms with E-state index in [-0.39, 0.29) is 0 Å². The fourth-order valence-electron chi connectivity index (χ4n) is 2.10. The first-order valence-corrected chi connectivity index (χ1v) is 6.16. The van der Waals surface area contributed by atoms with Crippen LogP contribution in [0.1, 0.15) is 38.5 Å². The molecule has 1 heterocycles. The average molecular weight is 194 g/mol. The monoisotopic (exact) mass is 194 g/mol. The third kappa shape index (κ3) is 5.71. The van der Waals surface area contributed by atoms with E-state index in [0.717, 1.165) is 0 Å². The van der Waals surface area contributed by atoms with E-state index in [9.17, 15) is 0 Å². The lowest BCUT2D eigenvalue weighted by Gasteiger charge is -2.21. The van der Waals surface area contributed by atoms with Crippen molar-refractivity contribution < 1.29 is 0 Å². The first-order valence-electron chi connectivity index (χ1n) is 6.16. The third-order valence-corrected chi connectivity index (χ3v) is 3.16. The normalized spacial score (nSPS) is 25.1. The van der Waals surface area contributed by atoms with Gasteiger partial charge in [-0.25, -0.2) is 0 Å². The Morgan fingerprint density at radius 1 is 0.500 bits per heavy atom. The lowest BCUT2D eigenvalue weighted by Crippen LogP contribution is -2.26. The molecule has 0 atom stereocenters. The summed E-state index contributed by atoms with van der Waals surface area (Å²) in [5.74, 6) is 0. The van der Waals surface area contributed by atoms with Crippen LogP contribution in [0.3, 0.4) is 0 Å². The van der Waals surface area contributed by atoms with Gasteiger partial charge in [-0.1, -0.05) is 12.8 Å². The Bertz CT molecular complexity index is 116. The predicted molar refractivity (Wildman–Crippen MR) is 67.9 cm³/mol. The van der Waals surface area contributed by atoms with Gasteiger partial charge >= 0.3 is 0 Å². The van der Waals surface area contributed by atoms with Gasteiger partial charge in [0.25, 0.3) is 0 Å². The molecule has 1 rings (SSSR count). The van der Waals surface area contributed by atoms with Crippen molar-refractivity contribution in [1.82, 2.24) is 9.62 Å². The van der Waals surface area contributed by atoms with Crippen LogP contribution in [0.15, 0.2) is 0 Å². The molecule has 1 saturated heterocycles. The van der Waals surface area contributed by atoms with Gasteiger partial charge in [-0.2, -0.15) is 0 Å². The van der Waals surface area contributed by atoms with E-state index < -0.39 is 0 Å². The van der Waals surface area contributed by atoms with Crippen molar-refractivity contribution in [3.63, 3.8) is 0 Å². The third-order valence-electron chi connectivity index (χ3n) is 3.16. The molecule has 80 valence electrons. The van der Waals surface area contributed by atoms with Crippen LogP contribution in [0.5, 0.6) is 0 Å². The Morgan fingerprint density at radius 2 is 0.786 bits per heavy atom. The maximum Gasteiger partial charge on any atom is 0.185 e. The molecule has 0 aromatic carbocycles. The molecule has 0 N–H and O–H groups in total. The van der Waals surface area contributed by atoms with E-state index in [2.05, 4.69) is 25.6 Å². The molecule has 1 aliphatic heterocycles. The molecule has 0 aliphatic carbocycles. The van der Waals surface area contributed by atoms with Gasteiger partial charge < -0.3 is 9.62 Å². The van der Waals surface area contributed by atoms with Crippen molar-refractivity contribution in [3.05, 3.63) is 0 Å². The lowest BCUT2D eigenvalue weighted by molar-refractivity contribution is 0.367. The summed E-state index contributed by atoms with van der Waals surface area (Å²) in [7, 11) is 4.52. The van der Waals surface area contributed by atoms with E-state index in [1.807, 2.05) is 0 Å². The van der Waals surface area contributed by atoms with Crippen LogP contribution < -0.4 is 0 Å². The summed E-state index contributed by atoms with van der Waals surface area (Å²) in [6, 6.07) is 0. The molecule has 14 heavy (non-hydrogen) atoms. The maximum absolute atomic E-state index is 2.49. The quantitative estimate of drug-likeness (QED) is 0.502. The number of hydrogen-bond donors (Lipinski definition) is 0. The zero-order valence-corrected chi connectivity index (χ0v) is 9.97. The van der Waals surface area contributed by atoms with Crippen molar-refractivity contribution in [2.75, 3.05) is 26.2 Å². The minimum Gasteiger partial charge on any atom is -0.349 e. The first-order chi connectivity index (χ1) is 6.79. The van der Waals surface area contributed by atoms with Crippen molar-refractivity contribution in [3.8, 4) is 0 Å². The second-order valence-corrected chi connectivity index (χ2v) is 4.73. The van der Waals surface area contributed by atoms with Crippen LogP contribution in [0, 0.1) is 0 Å². The summed E-state index contributed by atoms with van der Waals surface area (Å²) in [6.45, 7) is 5.18. The fraction of sp³-hybridized carbons (Fsp3) is 1.00. The Balaban J connectivity index is 2.19. The van der Waals surface area contributed by atoms with E-state index in [1.165, 1.54) is 64.7 Å². The Labute approximate surface area is 90.9 Å². The Morgan fingerprint density at radius 3 is 1.07 bits per heavy atom. The molecule has 0 aromatic rings. The fourth-order valence-corrected chi connectivity index (χ4v) is 2.10. The van der Waals surface area contributed by atoms with Crippen LogP contribution in [-0.2, 0) is 0 Å². The summed E-state index contributed by atoms with van der Waals surface area (Å²) in [5, 5.41) is 0. The topological polar surface area (TPSA) is 6.48 Å². The largest absolute Gasteiger partial charge is 0.349 e.